The molecule has 0 atom stereocenters. The van der Waals surface area contributed by atoms with E-state index in [0.717, 1.165) is 16.3 Å². The number of esters is 1. The molecule has 1 amide bonds. The Labute approximate surface area is 135 Å². The molecule has 0 bridgehead atoms. The van der Waals surface area contributed by atoms with Crippen molar-refractivity contribution in [1.82, 2.24) is 9.88 Å². The SMILES string of the molecule is CNC(=O)C=C1CSc2c(C(=O)OC(C)C)c(C(C)C)cn21. The standard InChI is InChI=1S/C16H22N2O3S/c1-9(2)12-7-18-11(6-13(19)17-5)8-22-15(18)14(12)16(20)21-10(3)4/h6-7,9-10H,8H2,1-5H3,(H,17,19). The summed E-state index contributed by atoms with van der Waals surface area (Å²) < 4.78 is 7.32. The van der Waals surface area contributed by atoms with Crippen molar-refractivity contribution < 1.29 is 14.3 Å². The third-order valence-corrected chi connectivity index (χ3v) is 4.48. The second kappa shape index (κ2) is 6.60. The van der Waals surface area contributed by atoms with Crippen molar-refractivity contribution in [1.29, 1.82) is 0 Å². The van der Waals surface area contributed by atoms with Crippen LogP contribution in [0.25, 0.3) is 5.70 Å². The molecule has 120 valence electrons. The summed E-state index contributed by atoms with van der Waals surface area (Å²) in [4.78, 5) is 24.0. The third-order valence-electron chi connectivity index (χ3n) is 3.37. The highest BCUT2D eigenvalue weighted by Gasteiger charge is 2.30. The zero-order valence-corrected chi connectivity index (χ0v) is 14.4. The van der Waals surface area contributed by atoms with Gasteiger partial charge in [-0.15, -0.1) is 11.8 Å². The van der Waals surface area contributed by atoms with E-state index in [-0.39, 0.29) is 23.9 Å². The van der Waals surface area contributed by atoms with Gasteiger partial charge in [0, 0.05) is 30.8 Å². The quantitative estimate of drug-likeness (QED) is 0.684. The second-order valence-electron chi connectivity index (χ2n) is 5.78. The number of likely N-dealkylation sites (N-methyl/N-ethyl adjacent to an activating group) is 1. The number of fused-ring (bicyclic) bond motifs is 1. The van der Waals surface area contributed by atoms with Crippen LogP contribution in [0.5, 0.6) is 0 Å². The van der Waals surface area contributed by atoms with Crippen LogP contribution >= 0.6 is 11.8 Å². The van der Waals surface area contributed by atoms with Crippen LogP contribution in [0.4, 0.5) is 0 Å². The van der Waals surface area contributed by atoms with Crippen LogP contribution in [-0.4, -0.2) is 35.3 Å². The van der Waals surface area contributed by atoms with Gasteiger partial charge in [0.25, 0.3) is 0 Å². The number of nitrogens with one attached hydrogen (secondary N) is 1. The Balaban J connectivity index is 2.48. The maximum atomic E-state index is 12.4. The molecule has 6 heteroatoms. The van der Waals surface area contributed by atoms with Crippen LogP contribution in [0.3, 0.4) is 0 Å². The molecule has 1 aromatic rings. The van der Waals surface area contributed by atoms with Gasteiger partial charge in [0.2, 0.25) is 5.91 Å². The summed E-state index contributed by atoms with van der Waals surface area (Å²) in [6.45, 7) is 7.77. The van der Waals surface area contributed by atoms with Gasteiger partial charge < -0.3 is 14.6 Å². The second-order valence-corrected chi connectivity index (χ2v) is 6.75. The number of amides is 1. The first-order valence-corrected chi connectivity index (χ1v) is 8.35. The van der Waals surface area contributed by atoms with Crippen molar-refractivity contribution >= 4 is 29.3 Å². The van der Waals surface area contributed by atoms with E-state index in [1.807, 2.05) is 38.5 Å². The Morgan fingerprint density at radius 2 is 2.05 bits per heavy atom. The van der Waals surface area contributed by atoms with Crippen molar-refractivity contribution in [3.05, 3.63) is 23.4 Å². The monoisotopic (exact) mass is 322 g/mol. The van der Waals surface area contributed by atoms with E-state index >= 15 is 0 Å². The topological polar surface area (TPSA) is 60.3 Å². The van der Waals surface area contributed by atoms with E-state index in [1.54, 1.807) is 24.9 Å². The summed E-state index contributed by atoms with van der Waals surface area (Å²) in [5, 5.41) is 3.45. The summed E-state index contributed by atoms with van der Waals surface area (Å²) in [6, 6.07) is 0. The van der Waals surface area contributed by atoms with E-state index in [0.29, 0.717) is 11.3 Å². The van der Waals surface area contributed by atoms with Crippen molar-refractivity contribution in [3.63, 3.8) is 0 Å². The number of hydrogen-bond donors (Lipinski definition) is 1. The lowest BCUT2D eigenvalue weighted by atomic mass is 10.0. The van der Waals surface area contributed by atoms with Gasteiger partial charge in [-0.1, -0.05) is 13.8 Å². The summed E-state index contributed by atoms with van der Waals surface area (Å²) in [5.74, 6) is 0.439. The average molecular weight is 322 g/mol. The zero-order chi connectivity index (χ0) is 16.4. The Hall–Kier alpha value is -1.69. The fourth-order valence-electron chi connectivity index (χ4n) is 2.32. The molecule has 0 unspecified atom stereocenters. The van der Waals surface area contributed by atoms with E-state index in [1.165, 1.54) is 0 Å². The molecule has 1 N–H and O–H groups in total. The lowest BCUT2D eigenvalue weighted by molar-refractivity contribution is -0.116. The van der Waals surface area contributed by atoms with Gasteiger partial charge in [-0.05, 0) is 25.3 Å². The number of ether oxygens (including phenoxy) is 1. The molecule has 0 saturated heterocycles. The number of rotatable bonds is 4. The highest BCUT2D eigenvalue weighted by molar-refractivity contribution is 8.00. The number of carbonyl (C=O) groups is 2. The van der Waals surface area contributed by atoms with Gasteiger partial charge in [0.05, 0.1) is 16.7 Å². The molecule has 0 saturated carbocycles. The van der Waals surface area contributed by atoms with Gasteiger partial charge in [0.15, 0.2) is 0 Å². The Morgan fingerprint density at radius 1 is 1.36 bits per heavy atom. The fraction of sp³-hybridized carbons (Fsp3) is 0.500. The molecule has 1 aliphatic rings. The molecule has 1 aromatic heterocycles. The van der Waals surface area contributed by atoms with Crippen molar-refractivity contribution in [2.45, 2.75) is 44.7 Å². The molecule has 2 heterocycles. The molecule has 0 aliphatic carbocycles. The van der Waals surface area contributed by atoms with Crippen LogP contribution in [-0.2, 0) is 9.53 Å². The van der Waals surface area contributed by atoms with E-state index < -0.39 is 0 Å². The summed E-state index contributed by atoms with van der Waals surface area (Å²) in [5.41, 5.74) is 2.47. The maximum Gasteiger partial charge on any atom is 0.341 e. The van der Waals surface area contributed by atoms with Crippen molar-refractivity contribution in [3.8, 4) is 0 Å². The van der Waals surface area contributed by atoms with Crippen LogP contribution in [0.15, 0.2) is 17.3 Å². The molecular formula is C16H22N2O3S. The van der Waals surface area contributed by atoms with Gasteiger partial charge in [-0.2, -0.15) is 0 Å². The number of thioether (sulfide) groups is 1. The van der Waals surface area contributed by atoms with E-state index in [9.17, 15) is 9.59 Å². The van der Waals surface area contributed by atoms with Crippen LogP contribution < -0.4 is 5.32 Å². The first-order chi connectivity index (χ1) is 10.3. The average Bonchev–Trinajstić information content (AvgIpc) is 2.97. The predicted octanol–water partition coefficient (Wildman–Crippen LogP) is 2.87. The zero-order valence-electron chi connectivity index (χ0n) is 13.6. The van der Waals surface area contributed by atoms with Gasteiger partial charge >= 0.3 is 5.97 Å². The number of nitrogens with zero attached hydrogens (tertiary/aromatic N) is 1. The molecule has 1 aliphatic heterocycles. The Bertz CT molecular complexity index is 630. The van der Waals surface area contributed by atoms with Crippen LogP contribution in [0.2, 0.25) is 0 Å². The number of hydrogen-bond acceptors (Lipinski definition) is 4. The van der Waals surface area contributed by atoms with Crippen molar-refractivity contribution in [2.75, 3.05) is 12.8 Å². The van der Waals surface area contributed by atoms with Gasteiger partial charge in [0.1, 0.15) is 0 Å². The maximum absolute atomic E-state index is 12.4. The lowest BCUT2D eigenvalue weighted by Gasteiger charge is -2.11. The summed E-state index contributed by atoms with van der Waals surface area (Å²) in [7, 11) is 1.60. The molecule has 0 spiro atoms. The smallest absolute Gasteiger partial charge is 0.341 e. The van der Waals surface area contributed by atoms with Gasteiger partial charge in [-0.25, -0.2) is 4.79 Å². The minimum absolute atomic E-state index is 0.144. The normalized spacial score (nSPS) is 15.5. The third kappa shape index (κ3) is 3.21. The van der Waals surface area contributed by atoms with Crippen LogP contribution in [0.1, 0.15) is 49.5 Å². The fourth-order valence-corrected chi connectivity index (χ4v) is 3.49. The lowest BCUT2D eigenvalue weighted by Crippen LogP contribution is -2.15. The Kier molecular flexibility index (Phi) is 5.01. The Morgan fingerprint density at radius 3 is 2.59 bits per heavy atom. The van der Waals surface area contributed by atoms with Crippen molar-refractivity contribution in [2.24, 2.45) is 0 Å². The highest BCUT2D eigenvalue weighted by atomic mass is 32.2. The highest BCUT2D eigenvalue weighted by Crippen LogP contribution is 2.40. The minimum Gasteiger partial charge on any atom is -0.459 e. The molecule has 0 aromatic carbocycles. The summed E-state index contributed by atoms with van der Waals surface area (Å²) >= 11 is 1.56. The molecular weight excluding hydrogens is 300 g/mol. The van der Waals surface area contributed by atoms with Gasteiger partial charge in [-0.3, -0.25) is 4.79 Å². The van der Waals surface area contributed by atoms with E-state index in [2.05, 4.69) is 5.32 Å². The first kappa shape index (κ1) is 16.7. The molecule has 5 nitrogen and oxygen atoms in total. The molecule has 0 radical (unpaired) electrons. The number of aromatic nitrogens is 1. The molecule has 2 rings (SSSR count). The molecule has 22 heavy (non-hydrogen) atoms. The first-order valence-electron chi connectivity index (χ1n) is 7.36. The van der Waals surface area contributed by atoms with Crippen LogP contribution in [0, 0.1) is 0 Å². The summed E-state index contributed by atoms with van der Waals surface area (Å²) in [6.07, 6.45) is 3.37. The largest absolute Gasteiger partial charge is 0.459 e. The predicted molar refractivity (Wildman–Crippen MR) is 88.1 cm³/mol. The molecule has 0 fully saturated rings. The minimum atomic E-state index is -0.291. The number of carbonyl (C=O) groups excluding carboxylic acids is 2. The van der Waals surface area contributed by atoms with E-state index in [4.69, 9.17) is 4.74 Å².